The zero-order valence-corrected chi connectivity index (χ0v) is 9.23. The highest BCUT2D eigenvalue weighted by Gasteiger charge is 2.13. The fourth-order valence-corrected chi connectivity index (χ4v) is 2.26. The first-order chi connectivity index (χ1) is 8.24. The maximum atomic E-state index is 11.6. The van der Waals surface area contributed by atoms with Crippen molar-refractivity contribution in [2.75, 3.05) is 18.0 Å². The molecule has 0 amide bonds. The van der Waals surface area contributed by atoms with Crippen LogP contribution in [0.15, 0.2) is 32.2 Å². The van der Waals surface area contributed by atoms with Crippen LogP contribution in [0.2, 0.25) is 0 Å². The van der Waals surface area contributed by atoms with E-state index in [1.807, 2.05) is 6.07 Å². The van der Waals surface area contributed by atoms with Crippen LogP contribution in [0.25, 0.3) is 10.9 Å². The first kappa shape index (κ1) is 10.1. The number of H-pyrrole nitrogens is 1. The van der Waals surface area contributed by atoms with Gasteiger partial charge in [-0.1, -0.05) is 0 Å². The van der Waals surface area contributed by atoms with Crippen molar-refractivity contribution in [2.45, 2.75) is 12.8 Å². The molecule has 1 fully saturated rings. The minimum Gasteiger partial charge on any atom is -0.372 e. The number of aromatic nitrogens is 1. The Morgan fingerprint density at radius 2 is 1.94 bits per heavy atom. The number of anilines is 1. The lowest BCUT2D eigenvalue weighted by molar-refractivity contribution is 0.460. The van der Waals surface area contributed by atoms with Gasteiger partial charge in [0.25, 0.3) is 0 Å². The summed E-state index contributed by atoms with van der Waals surface area (Å²) in [6.07, 6.45) is 2.36. The quantitative estimate of drug-likeness (QED) is 0.799. The summed E-state index contributed by atoms with van der Waals surface area (Å²) in [7, 11) is 0. The number of rotatable bonds is 1. The van der Waals surface area contributed by atoms with E-state index in [2.05, 4.69) is 14.3 Å². The minimum atomic E-state index is -0.712. The summed E-state index contributed by atoms with van der Waals surface area (Å²) >= 11 is 0. The monoisotopic (exact) mass is 232 g/mol. The summed E-state index contributed by atoms with van der Waals surface area (Å²) in [6, 6.07) is 5.45. The van der Waals surface area contributed by atoms with Gasteiger partial charge < -0.3 is 9.32 Å². The lowest BCUT2D eigenvalue weighted by Gasteiger charge is -2.17. The van der Waals surface area contributed by atoms with Crippen LogP contribution in [0.1, 0.15) is 12.8 Å². The van der Waals surface area contributed by atoms with E-state index >= 15 is 0 Å². The number of hydrogen-bond acceptors (Lipinski definition) is 4. The Morgan fingerprint density at radius 3 is 2.71 bits per heavy atom. The highest BCUT2D eigenvalue weighted by molar-refractivity contribution is 5.81. The molecule has 0 spiro atoms. The third kappa shape index (κ3) is 1.73. The number of fused-ring (bicyclic) bond motifs is 1. The molecule has 0 unspecified atom stereocenters. The van der Waals surface area contributed by atoms with Crippen molar-refractivity contribution < 1.29 is 4.42 Å². The van der Waals surface area contributed by atoms with E-state index in [1.54, 1.807) is 12.1 Å². The van der Waals surface area contributed by atoms with Crippen molar-refractivity contribution in [1.29, 1.82) is 0 Å². The van der Waals surface area contributed by atoms with Crippen molar-refractivity contribution in [1.82, 2.24) is 4.98 Å². The fraction of sp³-hybridized carbons (Fsp3) is 0.333. The molecule has 0 radical (unpaired) electrons. The van der Waals surface area contributed by atoms with Crippen LogP contribution in [0, 0.1) is 0 Å². The smallest absolute Gasteiger partial charge is 0.372 e. The van der Waals surface area contributed by atoms with E-state index in [0.717, 1.165) is 18.8 Å². The molecule has 0 saturated carbocycles. The molecule has 17 heavy (non-hydrogen) atoms. The number of aromatic amines is 1. The van der Waals surface area contributed by atoms with Crippen molar-refractivity contribution in [3.8, 4) is 0 Å². The summed E-state index contributed by atoms with van der Waals surface area (Å²) in [5.74, 6) is -0.712. The van der Waals surface area contributed by atoms with Crippen molar-refractivity contribution >= 4 is 16.6 Å². The van der Waals surface area contributed by atoms with Crippen molar-refractivity contribution in [3.05, 3.63) is 39.2 Å². The van der Waals surface area contributed by atoms with Crippen molar-refractivity contribution in [2.24, 2.45) is 0 Å². The predicted molar refractivity (Wildman–Crippen MR) is 64.6 cm³/mol. The molecule has 1 aromatic heterocycles. The van der Waals surface area contributed by atoms with Gasteiger partial charge in [-0.15, -0.1) is 0 Å². The molecule has 5 nitrogen and oxygen atoms in total. The number of benzene rings is 1. The zero-order valence-electron chi connectivity index (χ0n) is 9.23. The zero-order chi connectivity index (χ0) is 11.8. The number of hydrogen-bond donors (Lipinski definition) is 1. The molecule has 1 aromatic carbocycles. The Morgan fingerprint density at radius 1 is 1.18 bits per heavy atom. The van der Waals surface area contributed by atoms with Gasteiger partial charge in [-0.05, 0) is 31.0 Å². The molecule has 5 heteroatoms. The molecule has 0 bridgehead atoms. The summed E-state index contributed by atoms with van der Waals surface area (Å²) in [5, 5.41) is 0.425. The summed E-state index contributed by atoms with van der Waals surface area (Å²) in [5.41, 5.74) is 0.952. The van der Waals surface area contributed by atoms with E-state index in [-0.39, 0.29) is 0 Å². The van der Waals surface area contributed by atoms with Gasteiger partial charge in [0, 0.05) is 18.8 Å². The lowest BCUT2D eigenvalue weighted by atomic mass is 10.2. The Balaban J connectivity index is 2.18. The van der Waals surface area contributed by atoms with Gasteiger partial charge in [0.1, 0.15) is 0 Å². The number of nitrogens with zero attached hydrogens (tertiary/aromatic N) is 1. The fourth-order valence-electron chi connectivity index (χ4n) is 2.26. The first-order valence-electron chi connectivity index (χ1n) is 5.66. The van der Waals surface area contributed by atoms with E-state index < -0.39 is 11.4 Å². The minimum absolute atomic E-state index is 0.425. The Labute approximate surface area is 96.7 Å². The van der Waals surface area contributed by atoms with E-state index in [1.165, 1.54) is 12.8 Å². The summed E-state index contributed by atoms with van der Waals surface area (Å²) in [4.78, 5) is 27.3. The Hall–Kier alpha value is -2.04. The van der Waals surface area contributed by atoms with Gasteiger partial charge in [-0.25, -0.2) is 9.59 Å². The van der Waals surface area contributed by atoms with Crippen LogP contribution in [-0.2, 0) is 0 Å². The van der Waals surface area contributed by atoms with Crippen LogP contribution in [-0.4, -0.2) is 18.1 Å². The molecule has 2 aromatic rings. The largest absolute Gasteiger partial charge is 0.419 e. The predicted octanol–water partition coefficient (Wildman–Crippen LogP) is 1.08. The molecule has 3 rings (SSSR count). The molecule has 0 atom stereocenters. The van der Waals surface area contributed by atoms with Gasteiger partial charge in [0.15, 0.2) is 0 Å². The second-order valence-corrected chi connectivity index (χ2v) is 4.23. The summed E-state index contributed by atoms with van der Waals surface area (Å²) < 4.78 is 4.52. The highest BCUT2D eigenvalue weighted by Crippen LogP contribution is 2.22. The molecule has 1 aliphatic rings. The average Bonchev–Trinajstić information content (AvgIpc) is 2.82. The maximum absolute atomic E-state index is 11.6. The van der Waals surface area contributed by atoms with Crippen LogP contribution in [0.4, 0.5) is 5.69 Å². The van der Waals surface area contributed by atoms with Gasteiger partial charge in [-0.2, -0.15) is 0 Å². The van der Waals surface area contributed by atoms with Crippen LogP contribution >= 0.6 is 0 Å². The highest BCUT2D eigenvalue weighted by atomic mass is 16.4. The molecule has 2 heterocycles. The van der Waals surface area contributed by atoms with Gasteiger partial charge in [-0.3, -0.25) is 4.98 Å². The van der Waals surface area contributed by atoms with Crippen LogP contribution in [0.3, 0.4) is 0 Å². The van der Waals surface area contributed by atoms with Crippen LogP contribution < -0.4 is 16.3 Å². The van der Waals surface area contributed by atoms with Crippen molar-refractivity contribution in [3.63, 3.8) is 0 Å². The van der Waals surface area contributed by atoms with Gasteiger partial charge in [0.05, 0.1) is 10.9 Å². The molecular weight excluding hydrogens is 220 g/mol. The lowest BCUT2D eigenvalue weighted by Crippen LogP contribution is -2.19. The van der Waals surface area contributed by atoms with E-state index in [9.17, 15) is 9.59 Å². The molecule has 1 N–H and O–H groups in total. The molecular formula is C12H12N2O3. The summed E-state index contributed by atoms with van der Waals surface area (Å²) in [6.45, 7) is 2.03. The SMILES string of the molecule is O=c1[nH]c2ccc(N3CCCC3)cc2c(=O)o1. The third-order valence-electron chi connectivity index (χ3n) is 3.12. The van der Waals surface area contributed by atoms with Gasteiger partial charge in [0.2, 0.25) is 0 Å². The second kappa shape index (κ2) is 3.76. The first-order valence-corrected chi connectivity index (χ1v) is 5.66. The van der Waals surface area contributed by atoms with E-state index in [4.69, 9.17) is 0 Å². The Bertz CT molecular complexity index is 665. The number of nitrogens with one attached hydrogen (secondary N) is 1. The topological polar surface area (TPSA) is 66.3 Å². The molecule has 88 valence electrons. The molecule has 0 aliphatic carbocycles. The van der Waals surface area contributed by atoms with Gasteiger partial charge >= 0.3 is 11.4 Å². The normalized spacial score (nSPS) is 15.6. The molecule has 1 saturated heterocycles. The van der Waals surface area contributed by atoms with E-state index in [0.29, 0.717) is 10.9 Å². The second-order valence-electron chi connectivity index (χ2n) is 4.23. The molecule has 1 aliphatic heterocycles. The maximum Gasteiger partial charge on any atom is 0.419 e. The third-order valence-corrected chi connectivity index (χ3v) is 3.12. The van der Waals surface area contributed by atoms with Crippen LogP contribution in [0.5, 0.6) is 0 Å². The average molecular weight is 232 g/mol. The standard InChI is InChI=1S/C12H12N2O3/c15-11-9-7-8(14-5-1-2-6-14)3-4-10(9)13-12(16)17-11/h3-4,7H,1-2,5-6H2,(H,13,16). The Kier molecular flexibility index (Phi) is 2.24.